The third kappa shape index (κ3) is 4.98. The van der Waals surface area contributed by atoms with E-state index in [1.165, 1.54) is 22.8 Å². The highest BCUT2D eigenvalue weighted by Gasteiger charge is 2.59. The predicted octanol–water partition coefficient (Wildman–Crippen LogP) is 4.52. The zero-order valence-electron chi connectivity index (χ0n) is 21.9. The summed E-state index contributed by atoms with van der Waals surface area (Å²) in [5.41, 5.74) is -0.796. The van der Waals surface area contributed by atoms with Crippen molar-refractivity contribution in [1.29, 1.82) is 0 Å². The molecule has 1 aliphatic rings. The van der Waals surface area contributed by atoms with Gasteiger partial charge in [-0.05, 0) is 44.4 Å². The van der Waals surface area contributed by atoms with Crippen LogP contribution in [0.5, 0.6) is 0 Å². The fourth-order valence-electron chi connectivity index (χ4n) is 5.28. The van der Waals surface area contributed by atoms with E-state index in [0.717, 1.165) is 5.56 Å². The van der Waals surface area contributed by atoms with E-state index in [9.17, 15) is 24.5 Å². The number of nitro groups is 1. The van der Waals surface area contributed by atoms with Crippen LogP contribution in [-0.2, 0) is 25.6 Å². The van der Waals surface area contributed by atoms with E-state index < -0.39 is 40.6 Å². The molecule has 0 N–H and O–H groups in total. The average molecular weight is 522 g/mol. The van der Waals surface area contributed by atoms with Crippen LogP contribution in [-0.4, -0.2) is 57.2 Å². The molecule has 0 bridgehead atoms. The second-order valence-corrected chi connectivity index (χ2v) is 10.4. The number of benzene rings is 2. The molecule has 1 aliphatic heterocycles. The van der Waals surface area contributed by atoms with Crippen molar-refractivity contribution in [2.75, 3.05) is 13.7 Å². The van der Waals surface area contributed by atoms with Crippen LogP contribution in [0.1, 0.15) is 50.7 Å². The summed E-state index contributed by atoms with van der Waals surface area (Å²) < 4.78 is 12.1. The molecule has 2 heterocycles. The molecule has 0 aliphatic carbocycles. The average Bonchev–Trinajstić information content (AvgIpc) is 3.41. The number of methoxy groups -OCH3 is 1. The van der Waals surface area contributed by atoms with Crippen LogP contribution in [0.2, 0.25) is 0 Å². The van der Waals surface area contributed by atoms with Gasteiger partial charge in [-0.25, -0.2) is 9.59 Å². The molecule has 10 heteroatoms. The minimum atomic E-state index is -1.66. The largest absolute Gasteiger partial charge is 0.467 e. The summed E-state index contributed by atoms with van der Waals surface area (Å²) >= 11 is 0. The van der Waals surface area contributed by atoms with E-state index in [4.69, 9.17) is 9.47 Å². The predicted molar refractivity (Wildman–Crippen MR) is 139 cm³/mol. The Morgan fingerprint density at radius 1 is 1.11 bits per heavy atom. The van der Waals surface area contributed by atoms with E-state index in [0.29, 0.717) is 16.5 Å². The van der Waals surface area contributed by atoms with Crippen molar-refractivity contribution < 1.29 is 28.8 Å². The van der Waals surface area contributed by atoms with Crippen molar-refractivity contribution in [1.82, 2.24) is 9.47 Å². The van der Waals surface area contributed by atoms with Gasteiger partial charge >= 0.3 is 12.1 Å². The number of esters is 1. The highest BCUT2D eigenvalue weighted by Crippen LogP contribution is 2.46. The van der Waals surface area contributed by atoms with Gasteiger partial charge in [0, 0.05) is 29.5 Å². The van der Waals surface area contributed by atoms with Crippen LogP contribution in [0.4, 0.5) is 4.79 Å². The Morgan fingerprint density at radius 3 is 2.39 bits per heavy atom. The topological polar surface area (TPSA) is 121 Å². The third-order valence-corrected chi connectivity index (χ3v) is 6.84. The summed E-state index contributed by atoms with van der Waals surface area (Å²) in [5, 5.41) is 12.6. The standard InChI is InChI=1S/C28H31N3O7/c1-27(2,3)38-26(34)29-17-21(20-12-8-9-13-23(20)29)22(18-31(35)36)28(25(33)37-4)15-14-24(32)30(28)16-19-10-6-5-7-11-19/h5-13,17,22H,14-16,18H2,1-4H3. The van der Waals surface area contributed by atoms with Crippen molar-refractivity contribution in [2.45, 2.75) is 57.2 Å². The molecule has 0 saturated carbocycles. The molecule has 2 aromatic carbocycles. The maximum absolute atomic E-state index is 13.6. The molecule has 1 saturated heterocycles. The first-order valence-corrected chi connectivity index (χ1v) is 12.4. The normalized spacial score (nSPS) is 18.4. The number of fused-ring (bicyclic) bond motifs is 1. The molecule has 200 valence electrons. The van der Waals surface area contributed by atoms with E-state index in [1.807, 2.05) is 30.3 Å². The first-order valence-electron chi connectivity index (χ1n) is 12.4. The second-order valence-electron chi connectivity index (χ2n) is 10.4. The monoisotopic (exact) mass is 521 g/mol. The van der Waals surface area contributed by atoms with E-state index >= 15 is 0 Å². The Hall–Kier alpha value is -4.21. The molecule has 1 amide bonds. The third-order valence-electron chi connectivity index (χ3n) is 6.84. The van der Waals surface area contributed by atoms with Gasteiger partial charge < -0.3 is 14.4 Å². The number of para-hydroxylation sites is 1. The lowest BCUT2D eigenvalue weighted by molar-refractivity contribution is -0.485. The van der Waals surface area contributed by atoms with Gasteiger partial charge in [-0.1, -0.05) is 48.5 Å². The highest BCUT2D eigenvalue weighted by atomic mass is 16.6. The molecule has 1 fully saturated rings. The Kier molecular flexibility index (Phi) is 7.26. The Balaban J connectivity index is 1.93. The molecule has 38 heavy (non-hydrogen) atoms. The van der Waals surface area contributed by atoms with Crippen molar-refractivity contribution in [3.8, 4) is 0 Å². The zero-order chi connectivity index (χ0) is 27.7. The van der Waals surface area contributed by atoms with Crippen molar-refractivity contribution in [3.63, 3.8) is 0 Å². The molecule has 2 atom stereocenters. The van der Waals surface area contributed by atoms with Gasteiger partial charge in [0.2, 0.25) is 12.5 Å². The summed E-state index contributed by atoms with van der Waals surface area (Å²) in [6.45, 7) is 4.64. The number of hydrogen-bond donors (Lipinski definition) is 0. The molecular weight excluding hydrogens is 490 g/mol. The van der Waals surface area contributed by atoms with Crippen LogP contribution in [0.25, 0.3) is 10.9 Å². The summed E-state index contributed by atoms with van der Waals surface area (Å²) in [6.07, 6.45) is 0.896. The van der Waals surface area contributed by atoms with E-state index in [2.05, 4.69) is 0 Å². The fourth-order valence-corrected chi connectivity index (χ4v) is 5.28. The van der Waals surface area contributed by atoms with Crippen molar-refractivity contribution >= 4 is 28.9 Å². The maximum Gasteiger partial charge on any atom is 0.419 e. The summed E-state index contributed by atoms with van der Waals surface area (Å²) in [4.78, 5) is 52.9. The quantitative estimate of drug-likeness (QED) is 0.255. The van der Waals surface area contributed by atoms with Gasteiger partial charge in [0.25, 0.3) is 0 Å². The van der Waals surface area contributed by atoms with E-state index in [-0.39, 0.29) is 25.3 Å². The number of ether oxygens (including phenoxy) is 2. The van der Waals surface area contributed by atoms with E-state index in [1.54, 1.807) is 45.0 Å². The Morgan fingerprint density at radius 2 is 1.76 bits per heavy atom. The number of amides is 1. The number of nitrogens with zero attached hydrogens (tertiary/aromatic N) is 3. The number of hydrogen-bond acceptors (Lipinski definition) is 7. The van der Waals surface area contributed by atoms with Crippen LogP contribution in [0.3, 0.4) is 0 Å². The summed E-state index contributed by atoms with van der Waals surface area (Å²) in [7, 11) is 1.21. The van der Waals surface area contributed by atoms with Crippen LogP contribution in [0.15, 0.2) is 60.8 Å². The smallest absolute Gasteiger partial charge is 0.419 e. The maximum atomic E-state index is 13.6. The van der Waals surface area contributed by atoms with Crippen molar-refractivity contribution in [2.24, 2.45) is 0 Å². The first kappa shape index (κ1) is 26.8. The van der Waals surface area contributed by atoms with Crippen LogP contribution < -0.4 is 0 Å². The summed E-state index contributed by atoms with van der Waals surface area (Å²) in [5.74, 6) is -2.14. The SMILES string of the molecule is COC(=O)C1(C(C[N+](=O)[O-])c2cn(C(=O)OC(C)(C)C)c3ccccc23)CCC(=O)N1Cc1ccccc1. The Labute approximate surface area is 220 Å². The molecule has 10 nitrogen and oxygen atoms in total. The first-order chi connectivity index (χ1) is 18.0. The lowest BCUT2D eigenvalue weighted by atomic mass is 9.76. The van der Waals surface area contributed by atoms with Gasteiger partial charge in [-0.2, -0.15) is 0 Å². The van der Waals surface area contributed by atoms with Gasteiger partial charge in [-0.3, -0.25) is 19.5 Å². The number of carbonyl (C=O) groups is 3. The van der Waals surface area contributed by atoms with Crippen LogP contribution >= 0.6 is 0 Å². The van der Waals surface area contributed by atoms with Gasteiger partial charge in [0.05, 0.1) is 18.5 Å². The number of carbonyl (C=O) groups excluding carboxylic acids is 3. The fraction of sp³-hybridized carbons (Fsp3) is 0.393. The Bertz CT molecular complexity index is 1380. The van der Waals surface area contributed by atoms with Crippen molar-refractivity contribution in [3.05, 3.63) is 82.0 Å². The lowest BCUT2D eigenvalue weighted by Gasteiger charge is -2.40. The highest BCUT2D eigenvalue weighted by molar-refractivity contribution is 5.96. The lowest BCUT2D eigenvalue weighted by Crippen LogP contribution is -2.57. The molecule has 0 spiro atoms. The molecule has 2 unspecified atom stereocenters. The van der Waals surface area contributed by atoms with Gasteiger partial charge in [0.1, 0.15) is 5.60 Å². The van der Waals surface area contributed by atoms with Gasteiger partial charge in [-0.15, -0.1) is 0 Å². The minimum absolute atomic E-state index is 0.0286. The van der Waals surface area contributed by atoms with Gasteiger partial charge in [0.15, 0.2) is 5.54 Å². The molecule has 4 rings (SSSR count). The minimum Gasteiger partial charge on any atom is -0.467 e. The number of likely N-dealkylation sites (tertiary alicyclic amines) is 1. The second kappa shape index (κ2) is 10.3. The number of aromatic nitrogens is 1. The summed E-state index contributed by atoms with van der Waals surface area (Å²) in [6, 6.07) is 16.1. The molecular formula is C28H31N3O7. The number of rotatable bonds is 7. The zero-order valence-corrected chi connectivity index (χ0v) is 21.9. The molecule has 0 radical (unpaired) electrons. The molecule has 1 aromatic heterocycles. The van der Waals surface area contributed by atoms with Crippen LogP contribution in [0, 0.1) is 10.1 Å². The molecule has 3 aromatic rings.